The fourth-order valence-corrected chi connectivity index (χ4v) is 2.82. The molecule has 1 unspecified atom stereocenters. The Hall–Kier alpha value is -3.22. The predicted molar refractivity (Wildman–Crippen MR) is 87.8 cm³/mol. The SMILES string of the molecule is CC1(c2ccc(F)cc2)NC(=O)N(Cc2cccc(C(N)=O)c2)C1=O. The fraction of sp³-hybridized carbons (Fsp3) is 0.167. The second-order valence-electron chi connectivity index (χ2n) is 6.02. The molecule has 0 radical (unpaired) electrons. The first-order valence-electron chi connectivity index (χ1n) is 7.60. The molecule has 1 aliphatic rings. The summed E-state index contributed by atoms with van der Waals surface area (Å²) in [4.78, 5) is 37.4. The van der Waals surface area contributed by atoms with E-state index < -0.39 is 29.2 Å². The van der Waals surface area contributed by atoms with Crippen molar-refractivity contribution < 1.29 is 18.8 Å². The Kier molecular flexibility index (Phi) is 4.00. The summed E-state index contributed by atoms with van der Waals surface area (Å²) in [5.41, 5.74) is 5.36. The minimum atomic E-state index is -1.27. The van der Waals surface area contributed by atoms with E-state index in [1.807, 2.05) is 0 Å². The highest BCUT2D eigenvalue weighted by Gasteiger charge is 2.48. The number of amides is 4. The smallest absolute Gasteiger partial charge is 0.325 e. The molecule has 25 heavy (non-hydrogen) atoms. The number of primary amides is 1. The van der Waals surface area contributed by atoms with Crippen LogP contribution in [0.15, 0.2) is 48.5 Å². The van der Waals surface area contributed by atoms with Crippen molar-refractivity contribution in [3.63, 3.8) is 0 Å². The lowest BCUT2D eigenvalue weighted by atomic mass is 9.92. The zero-order valence-corrected chi connectivity index (χ0v) is 13.5. The largest absolute Gasteiger partial charge is 0.366 e. The highest BCUT2D eigenvalue weighted by atomic mass is 19.1. The van der Waals surface area contributed by atoms with Gasteiger partial charge in [-0.15, -0.1) is 0 Å². The molecule has 7 heteroatoms. The van der Waals surface area contributed by atoms with Crippen molar-refractivity contribution in [3.05, 3.63) is 71.0 Å². The third-order valence-electron chi connectivity index (χ3n) is 4.25. The Balaban J connectivity index is 1.88. The lowest BCUT2D eigenvalue weighted by Gasteiger charge is -2.22. The molecular weight excluding hydrogens is 325 g/mol. The van der Waals surface area contributed by atoms with Gasteiger partial charge in [-0.25, -0.2) is 9.18 Å². The van der Waals surface area contributed by atoms with Crippen LogP contribution in [0.1, 0.15) is 28.4 Å². The second-order valence-corrected chi connectivity index (χ2v) is 6.02. The summed E-state index contributed by atoms with van der Waals surface area (Å²) in [6.07, 6.45) is 0. The minimum absolute atomic E-state index is 0.00255. The monoisotopic (exact) mass is 341 g/mol. The van der Waals surface area contributed by atoms with Gasteiger partial charge < -0.3 is 11.1 Å². The summed E-state index contributed by atoms with van der Waals surface area (Å²) in [5, 5.41) is 2.65. The van der Waals surface area contributed by atoms with E-state index in [1.54, 1.807) is 25.1 Å². The Morgan fingerprint density at radius 1 is 1.20 bits per heavy atom. The van der Waals surface area contributed by atoms with Crippen LogP contribution in [0.25, 0.3) is 0 Å². The molecule has 2 aromatic carbocycles. The Morgan fingerprint density at radius 3 is 2.52 bits per heavy atom. The van der Waals surface area contributed by atoms with E-state index in [0.29, 0.717) is 16.7 Å². The minimum Gasteiger partial charge on any atom is -0.366 e. The van der Waals surface area contributed by atoms with Gasteiger partial charge >= 0.3 is 6.03 Å². The number of carbonyl (C=O) groups is 3. The summed E-state index contributed by atoms with van der Waals surface area (Å²) in [5.74, 6) is -1.46. The maximum absolute atomic E-state index is 13.1. The average molecular weight is 341 g/mol. The Morgan fingerprint density at radius 2 is 1.88 bits per heavy atom. The molecular formula is C18H16FN3O3. The number of rotatable bonds is 4. The van der Waals surface area contributed by atoms with Gasteiger partial charge in [0.2, 0.25) is 5.91 Å². The lowest BCUT2D eigenvalue weighted by molar-refractivity contribution is -0.131. The molecule has 3 N–H and O–H groups in total. The molecule has 1 atom stereocenters. The van der Waals surface area contributed by atoms with Gasteiger partial charge in [-0.2, -0.15) is 0 Å². The maximum atomic E-state index is 13.1. The molecule has 4 amide bonds. The van der Waals surface area contributed by atoms with E-state index in [2.05, 4.69) is 5.32 Å². The molecule has 3 rings (SSSR count). The van der Waals surface area contributed by atoms with Crippen LogP contribution in [0.5, 0.6) is 0 Å². The molecule has 1 aliphatic heterocycles. The van der Waals surface area contributed by atoms with Gasteiger partial charge in [0.15, 0.2) is 0 Å². The summed E-state index contributed by atoms with van der Waals surface area (Å²) in [6, 6.07) is 11.3. The molecule has 1 saturated heterocycles. The van der Waals surface area contributed by atoms with E-state index in [4.69, 9.17) is 5.73 Å². The first-order chi connectivity index (χ1) is 11.8. The summed E-state index contributed by atoms with van der Waals surface area (Å²) in [6.45, 7) is 1.57. The van der Waals surface area contributed by atoms with Crippen LogP contribution in [0, 0.1) is 5.82 Å². The molecule has 128 valence electrons. The molecule has 0 aromatic heterocycles. The van der Waals surface area contributed by atoms with Crippen molar-refractivity contribution >= 4 is 17.8 Å². The zero-order valence-electron chi connectivity index (χ0n) is 13.5. The number of imide groups is 1. The van der Waals surface area contributed by atoms with Crippen LogP contribution in [-0.2, 0) is 16.9 Å². The number of hydrogen-bond acceptors (Lipinski definition) is 3. The van der Waals surface area contributed by atoms with Gasteiger partial charge in [-0.1, -0.05) is 24.3 Å². The first-order valence-corrected chi connectivity index (χ1v) is 7.60. The van der Waals surface area contributed by atoms with Crippen molar-refractivity contribution in [3.8, 4) is 0 Å². The van der Waals surface area contributed by atoms with Crippen molar-refractivity contribution in [2.24, 2.45) is 5.73 Å². The highest BCUT2D eigenvalue weighted by Crippen LogP contribution is 2.30. The fourth-order valence-electron chi connectivity index (χ4n) is 2.82. The number of nitrogens with one attached hydrogen (secondary N) is 1. The molecule has 2 aromatic rings. The molecule has 1 fully saturated rings. The van der Waals surface area contributed by atoms with E-state index in [9.17, 15) is 18.8 Å². The lowest BCUT2D eigenvalue weighted by Crippen LogP contribution is -2.40. The number of nitrogens with zero attached hydrogens (tertiary/aromatic N) is 1. The number of halogens is 1. The Labute approximate surface area is 143 Å². The third-order valence-corrected chi connectivity index (χ3v) is 4.25. The standard InChI is InChI=1S/C18H16FN3O3/c1-18(13-5-7-14(19)8-6-13)16(24)22(17(25)21-18)10-11-3-2-4-12(9-11)15(20)23/h2-9H,10H2,1H3,(H2,20,23)(H,21,25). The van der Waals surface area contributed by atoms with Crippen molar-refractivity contribution in [2.75, 3.05) is 0 Å². The molecule has 0 saturated carbocycles. The van der Waals surface area contributed by atoms with Gasteiger partial charge in [0, 0.05) is 5.56 Å². The van der Waals surface area contributed by atoms with E-state index in [1.165, 1.54) is 30.3 Å². The predicted octanol–water partition coefficient (Wildman–Crippen LogP) is 1.89. The van der Waals surface area contributed by atoms with Gasteiger partial charge in [0.25, 0.3) is 5.91 Å². The summed E-state index contributed by atoms with van der Waals surface area (Å²) >= 11 is 0. The molecule has 0 spiro atoms. The Bertz CT molecular complexity index is 866. The highest BCUT2D eigenvalue weighted by molar-refractivity contribution is 6.07. The van der Waals surface area contributed by atoms with Gasteiger partial charge in [0.05, 0.1) is 6.54 Å². The van der Waals surface area contributed by atoms with E-state index in [-0.39, 0.29) is 6.54 Å². The third kappa shape index (κ3) is 2.96. The van der Waals surface area contributed by atoms with Crippen LogP contribution < -0.4 is 11.1 Å². The van der Waals surface area contributed by atoms with Crippen LogP contribution in [0.2, 0.25) is 0 Å². The number of benzene rings is 2. The van der Waals surface area contributed by atoms with Gasteiger partial charge in [0.1, 0.15) is 11.4 Å². The zero-order chi connectivity index (χ0) is 18.2. The molecule has 0 aliphatic carbocycles. The summed E-state index contributed by atoms with van der Waals surface area (Å²) in [7, 11) is 0. The topological polar surface area (TPSA) is 92.5 Å². The van der Waals surface area contributed by atoms with Gasteiger partial charge in [-0.05, 0) is 42.3 Å². The van der Waals surface area contributed by atoms with Crippen molar-refractivity contribution in [2.45, 2.75) is 19.0 Å². The summed E-state index contributed by atoms with van der Waals surface area (Å²) < 4.78 is 13.1. The maximum Gasteiger partial charge on any atom is 0.325 e. The molecule has 0 bridgehead atoms. The number of nitrogens with two attached hydrogens (primary N) is 1. The van der Waals surface area contributed by atoms with Crippen molar-refractivity contribution in [1.29, 1.82) is 0 Å². The van der Waals surface area contributed by atoms with Crippen LogP contribution >= 0.6 is 0 Å². The van der Waals surface area contributed by atoms with E-state index in [0.717, 1.165) is 4.90 Å². The second kappa shape index (κ2) is 6.01. The van der Waals surface area contributed by atoms with Gasteiger partial charge in [-0.3, -0.25) is 14.5 Å². The first kappa shape index (κ1) is 16.6. The number of hydrogen-bond donors (Lipinski definition) is 2. The van der Waals surface area contributed by atoms with Crippen LogP contribution in [-0.4, -0.2) is 22.7 Å². The molecule has 1 heterocycles. The van der Waals surface area contributed by atoms with Crippen molar-refractivity contribution in [1.82, 2.24) is 10.2 Å². The normalized spacial score (nSPS) is 19.8. The van der Waals surface area contributed by atoms with Crippen LogP contribution in [0.4, 0.5) is 9.18 Å². The average Bonchev–Trinajstić information content (AvgIpc) is 2.80. The van der Waals surface area contributed by atoms with E-state index >= 15 is 0 Å². The number of carbonyl (C=O) groups excluding carboxylic acids is 3. The quantitative estimate of drug-likeness (QED) is 0.832. The van der Waals surface area contributed by atoms with Crippen LogP contribution in [0.3, 0.4) is 0 Å². The molecule has 6 nitrogen and oxygen atoms in total. The number of urea groups is 1.